The predicted octanol–water partition coefficient (Wildman–Crippen LogP) is 1.37. The summed E-state index contributed by atoms with van der Waals surface area (Å²) in [5, 5.41) is 0. The van der Waals surface area contributed by atoms with Crippen molar-refractivity contribution in [1.82, 2.24) is 9.88 Å². The van der Waals surface area contributed by atoms with Crippen molar-refractivity contribution in [2.75, 3.05) is 44.4 Å². The van der Waals surface area contributed by atoms with Crippen molar-refractivity contribution in [3.63, 3.8) is 0 Å². The number of nitrogens with zero attached hydrogens (tertiary/aromatic N) is 3. The molecule has 0 unspecified atom stereocenters. The first kappa shape index (κ1) is 15.6. The Labute approximate surface area is 125 Å². The number of rotatable bonds is 4. The molecule has 1 aromatic rings. The molecule has 1 aliphatic heterocycles. The Balaban J connectivity index is 2.11. The average Bonchev–Trinajstić information content (AvgIpc) is 2.48. The molecule has 6 heteroatoms. The zero-order valence-corrected chi connectivity index (χ0v) is 13.0. The second-order valence-corrected chi connectivity index (χ2v) is 5.53. The molecule has 0 amide bonds. The minimum atomic E-state index is -0.387. The summed E-state index contributed by atoms with van der Waals surface area (Å²) < 4.78 is 5.03. The second-order valence-electron chi connectivity index (χ2n) is 5.53. The van der Waals surface area contributed by atoms with Gasteiger partial charge in [0, 0.05) is 19.1 Å². The minimum absolute atomic E-state index is 0.337. The first-order chi connectivity index (χ1) is 10.0. The van der Waals surface area contributed by atoms with Crippen LogP contribution in [-0.2, 0) is 4.74 Å². The standard InChI is InChI=1S/C15H24N4O2/c1-4-21-15(20)12-9-14(17-10-13(12)16)19-7-5-11(6-8-19)18(2)3/h9-11H,4-8,16H2,1-3H3. The molecule has 0 aromatic carbocycles. The number of anilines is 2. The van der Waals surface area contributed by atoms with E-state index in [0.717, 1.165) is 31.7 Å². The number of hydrogen-bond acceptors (Lipinski definition) is 6. The van der Waals surface area contributed by atoms with Crippen molar-refractivity contribution in [3.8, 4) is 0 Å². The highest BCUT2D eigenvalue weighted by Gasteiger charge is 2.22. The maximum atomic E-state index is 11.9. The van der Waals surface area contributed by atoms with Crippen LogP contribution in [0.25, 0.3) is 0 Å². The minimum Gasteiger partial charge on any atom is -0.462 e. The predicted molar refractivity (Wildman–Crippen MR) is 83.5 cm³/mol. The molecule has 0 radical (unpaired) electrons. The molecule has 1 aliphatic rings. The fraction of sp³-hybridized carbons (Fsp3) is 0.600. The van der Waals surface area contributed by atoms with Crippen LogP contribution in [-0.4, -0.2) is 55.7 Å². The number of nitrogen functional groups attached to an aromatic ring is 1. The monoisotopic (exact) mass is 292 g/mol. The molecular weight excluding hydrogens is 268 g/mol. The van der Waals surface area contributed by atoms with Crippen LogP contribution >= 0.6 is 0 Å². The lowest BCUT2D eigenvalue weighted by Crippen LogP contribution is -2.42. The molecule has 1 saturated heterocycles. The van der Waals surface area contributed by atoms with Gasteiger partial charge in [0.05, 0.1) is 24.1 Å². The molecule has 1 fully saturated rings. The SMILES string of the molecule is CCOC(=O)c1cc(N2CCC(N(C)C)CC2)ncc1N. The van der Waals surface area contributed by atoms with Crippen molar-refractivity contribution in [2.24, 2.45) is 0 Å². The number of carbonyl (C=O) groups is 1. The van der Waals surface area contributed by atoms with Crippen LogP contribution in [0.15, 0.2) is 12.3 Å². The van der Waals surface area contributed by atoms with Crippen LogP contribution in [0.4, 0.5) is 11.5 Å². The lowest BCUT2D eigenvalue weighted by atomic mass is 10.0. The van der Waals surface area contributed by atoms with Gasteiger partial charge in [0.15, 0.2) is 0 Å². The van der Waals surface area contributed by atoms with E-state index in [9.17, 15) is 4.79 Å². The third-order valence-corrected chi connectivity index (χ3v) is 3.93. The Kier molecular flexibility index (Phi) is 5.01. The van der Waals surface area contributed by atoms with Crippen LogP contribution in [0.3, 0.4) is 0 Å². The van der Waals surface area contributed by atoms with Crippen LogP contribution in [0.5, 0.6) is 0 Å². The Morgan fingerprint density at radius 1 is 1.48 bits per heavy atom. The Hall–Kier alpha value is -1.82. The topological polar surface area (TPSA) is 71.7 Å². The number of hydrogen-bond donors (Lipinski definition) is 1. The third kappa shape index (κ3) is 3.64. The van der Waals surface area contributed by atoms with Crippen LogP contribution in [0.1, 0.15) is 30.1 Å². The number of piperidine rings is 1. The molecule has 2 heterocycles. The highest BCUT2D eigenvalue weighted by atomic mass is 16.5. The van der Waals surface area contributed by atoms with E-state index in [1.807, 2.05) is 0 Å². The number of ether oxygens (including phenoxy) is 1. The summed E-state index contributed by atoms with van der Waals surface area (Å²) in [6.45, 7) is 3.98. The van der Waals surface area contributed by atoms with E-state index in [4.69, 9.17) is 10.5 Å². The van der Waals surface area contributed by atoms with Crippen LogP contribution in [0.2, 0.25) is 0 Å². The van der Waals surface area contributed by atoms with Crippen molar-refractivity contribution in [3.05, 3.63) is 17.8 Å². The van der Waals surface area contributed by atoms with Crippen molar-refractivity contribution >= 4 is 17.5 Å². The molecule has 116 valence electrons. The Morgan fingerprint density at radius 3 is 2.71 bits per heavy atom. The molecule has 0 aliphatic carbocycles. The van der Waals surface area contributed by atoms with Gasteiger partial charge in [-0.1, -0.05) is 0 Å². The third-order valence-electron chi connectivity index (χ3n) is 3.93. The van der Waals surface area contributed by atoms with Crippen LogP contribution < -0.4 is 10.6 Å². The summed E-state index contributed by atoms with van der Waals surface area (Å²) in [7, 11) is 4.22. The normalized spacial score (nSPS) is 16.3. The van der Waals surface area contributed by atoms with Gasteiger partial charge in [-0.3, -0.25) is 0 Å². The smallest absolute Gasteiger partial charge is 0.340 e. The molecule has 2 N–H and O–H groups in total. The van der Waals surface area contributed by atoms with E-state index < -0.39 is 0 Å². The molecule has 0 spiro atoms. The van der Waals surface area contributed by atoms with Gasteiger partial charge in [0.2, 0.25) is 0 Å². The molecule has 1 aromatic heterocycles. The maximum absolute atomic E-state index is 11.9. The van der Waals surface area contributed by atoms with Gasteiger partial charge in [-0.2, -0.15) is 0 Å². The highest BCUT2D eigenvalue weighted by molar-refractivity contribution is 5.95. The quantitative estimate of drug-likeness (QED) is 0.845. The largest absolute Gasteiger partial charge is 0.462 e. The Bertz CT molecular complexity index is 496. The van der Waals surface area contributed by atoms with E-state index in [2.05, 4.69) is 28.9 Å². The van der Waals surface area contributed by atoms with Crippen molar-refractivity contribution in [1.29, 1.82) is 0 Å². The summed E-state index contributed by atoms with van der Waals surface area (Å²) in [5.41, 5.74) is 6.58. The summed E-state index contributed by atoms with van der Waals surface area (Å²) in [6.07, 6.45) is 3.72. The molecule has 21 heavy (non-hydrogen) atoms. The van der Waals surface area contributed by atoms with E-state index >= 15 is 0 Å². The van der Waals surface area contributed by atoms with E-state index in [0.29, 0.717) is 23.9 Å². The molecule has 0 saturated carbocycles. The first-order valence-electron chi connectivity index (χ1n) is 7.37. The number of carbonyl (C=O) groups excluding carboxylic acids is 1. The lowest BCUT2D eigenvalue weighted by Gasteiger charge is -2.35. The molecular formula is C15H24N4O2. The fourth-order valence-corrected chi connectivity index (χ4v) is 2.62. The highest BCUT2D eigenvalue weighted by Crippen LogP contribution is 2.23. The van der Waals surface area contributed by atoms with Gasteiger partial charge < -0.3 is 20.3 Å². The number of pyridine rings is 1. The average molecular weight is 292 g/mol. The zero-order valence-electron chi connectivity index (χ0n) is 13.0. The van der Waals surface area contributed by atoms with E-state index in [1.165, 1.54) is 0 Å². The maximum Gasteiger partial charge on any atom is 0.340 e. The van der Waals surface area contributed by atoms with Gasteiger partial charge in [-0.05, 0) is 39.9 Å². The number of nitrogens with two attached hydrogens (primary N) is 1. The van der Waals surface area contributed by atoms with Crippen molar-refractivity contribution < 1.29 is 9.53 Å². The lowest BCUT2D eigenvalue weighted by molar-refractivity contribution is 0.0527. The van der Waals surface area contributed by atoms with E-state index in [1.54, 1.807) is 19.2 Å². The van der Waals surface area contributed by atoms with Gasteiger partial charge in [0.25, 0.3) is 0 Å². The number of aromatic nitrogens is 1. The first-order valence-corrected chi connectivity index (χ1v) is 7.37. The van der Waals surface area contributed by atoms with Gasteiger partial charge in [-0.25, -0.2) is 9.78 Å². The van der Waals surface area contributed by atoms with E-state index in [-0.39, 0.29) is 5.97 Å². The summed E-state index contributed by atoms with van der Waals surface area (Å²) in [6, 6.07) is 2.35. The van der Waals surface area contributed by atoms with Crippen molar-refractivity contribution in [2.45, 2.75) is 25.8 Å². The summed E-state index contributed by atoms with van der Waals surface area (Å²) in [5.74, 6) is 0.409. The molecule has 0 bridgehead atoms. The molecule has 0 atom stereocenters. The number of esters is 1. The fourth-order valence-electron chi connectivity index (χ4n) is 2.62. The molecule has 2 rings (SSSR count). The Morgan fingerprint density at radius 2 is 2.14 bits per heavy atom. The molecule has 6 nitrogen and oxygen atoms in total. The zero-order chi connectivity index (χ0) is 15.4. The van der Waals surface area contributed by atoms with Gasteiger partial charge in [0.1, 0.15) is 5.82 Å². The van der Waals surface area contributed by atoms with Gasteiger partial charge >= 0.3 is 5.97 Å². The van der Waals surface area contributed by atoms with Gasteiger partial charge in [-0.15, -0.1) is 0 Å². The second kappa shape index (κ2) is 6.76. The van der Waals surface area contributed by atoms with Crippen LogP contribution in [0, 0.1) is 0 Å². The summed E-state index contributed by atoms with van der Waals surface area (Å²) >= 11 is 0. The summed E-state index contributed by atoms with van der Waals surface area (Å²) in [4.78, 5) is 20.7.